The van der Waals surface area contributed by atoms with Gasteiger partial charge < -0.3 is 10.2 Å². The fourth-order valence-electron chi connectivity index (χ4n) is 9.65. The average Bonchev–Trinajstić information content (AvgIpc) is 3.36. The maximum absolute atomic E-state index is 17.9. The van der Waals surface area contributed by atoms with Crippen LogP contribution in [-0.2, 0) is 21.0 Å². The minimum atomic E-state index is -2.08. The van der Waals surface area contributed by atoms with Crippen LogP contribution in [0.1, 0.15) is 45.6 Å². The average molecular weight is 570 g/mol. The second-order valence-corrected chi connectivity index (χ2v) is 13.5. The summed E-state index contributed by atoms with van der Waals surface area (Å²) in [5, 5.41) is 24.4. The molecule has 0 bridgehead atoms. The number of nitrogens with zero attached hydrogens (tertiary/aromatic N) is 1. The smallest absolute Gasteiger partial charge is 0.192 e. The van der Waals surface area contributed by atoms with Crippen LogP contribution in [0.2, 0.25) is 5.02 Å². The molecule has 6 nitrogen and oxygen atoms in total. The van der Waals surface area contributed by atoms with Crippen LogP contribution in [0.15, 0.2) is 60.7 Å². The zero-order valence-electron chi connectivity index (χ0n) is 23.2. The van der Waals surface area contributed by atoms with Crippen molar-refractivity contribution in [1.29, 1.82) is 0 Å². The van der Waals surface area contributed by atoms with Crippen LogP contribution in [0.4, 0.5) is 4.39 Å². The van der Waals surface area contributed by atoms with Gasteiger partial charge in [-0.2, -0.15) is 5.06 Å². The topological polar surface area (TPSA) is 87.1 Å². The van der Waals surface area contributed by atoms with Gasteiger partial charge in [0.25, 0.3) is 0 Å². The van der Waals surface area contributed by atoms with Crippen molar-refractivity contribution in [2.75, 3.05) is 13.2 Å². The molecule has 4 fully saturated rings. The van der Waals surface area contributed by atoms with Crippen molar-refractivity contribution in [3.05, 3.63) is 71.3 Å². The highest BCUT2D eigenvalue weighted by Gasteiger charge is 2.83. The summed E-state index contributed by atoms with van der Waals surface area (Å²) >= 11 is 6.42. The van der Waals surface area contributed by atoms with E-state index < -0.39 is 51.9 Å². The summed E-state index contributed by atoms with van der Waals surface area (Å²) in [6, 6.07) is 7.44. The minimum Gasteiger partial charge on any atom is -0.390 e. The lowest BCUT2D eigenvalue weighted by Crippen LogP contribution is -2.73. The molecule has 5 aliphatic rings. The Bertz CT molecular complexity index is 1360. The third-order valence-corrected chi connectivity index (χ3v) is 12.1. The number of alkyl halides is 1. The summed E-state index contributed by atoms with van der Waals surface area (Å²) < 4.78 is 17.9. The fourth-order valence-corrected chi connectivity index (χ4v) is 9.85. The third kappa shape index (κ3) is 3.19. The molecule has 0 spiro atoms. The van der Waals surface area contributed by atoms with Crippen LogP contribution in [0.3, 0.4) is 0 Å². The number of Topliss-reactive ketones (excluding diaryl/α,β-unsaturated/α-hetero) is 1. The first-order chi connectivity index (χ1) is 18.8. The lowest BCUT2D eigenvalue weighted by molar-refractivity contribution is -0.288. The lowest BCUT2D eigenvalue weighted by atomic mass is 9.39. The Morgan fingerprint density at radius 3 is 2.67 bits per heavy atom. The molecule has 4 aliphatic carbocycles. The number of carbonyl (C=O) groups is 2. The lowest BCUT2D eigenvalue weighted by Gasteiger charge is -2.67. The summed E-state index contributed by atoms with van der Waals surface area (Å²) in [6.07, 6.45) is 5.66. The molecule has 8 heteroatoms. The van der Waals surface area contributed by atoms with Gasteiger partial charge in [0.05, 0.1) is 12.6 Å². The highest BCUT2D eigenvalue weighted by Crippen LogP contribution is 2.78. The summed E-state index contributed by atoms with van der Waals surface area (Å²) in [6.45, 7) is 9.79. The van der Waals surface area contributed by atoms with Gasteiger partial charge in [-0.1, -0.05) is 55.8 Å². The van der Waals surface area contributed by atoms with E-state index in [0.717, 1.165) is 5.56 Å². The molecule has 1 heterocycles. The number of ketones is 2. The van der Waals surface area contributed by atoms with Crippen molar-refractivity contribution in [1.82, 2.24) is 5.06 Å². The summed E-state index contributed by atoms with van der Waals surface area (Å²) in [7, 11) is 0. The van der Waals surface area contributed by atoms with Gasteiger partial charge in [-0.15, -0.1) is 6.58 Å². The van der Waals surface area contributed by atoms with E-state index in [0.29, 0.717) is 36.5 Å². The molecule has 1 aromatic rings. The Kier molecular flexibility index (Phi) is 6.24. The molecule has 0 radical (unpaired) electrons. The predicted octanol–water partition coefficient (Wildman–Crippen LogP) is 4.79. The van der Waals surface area contributed by atoms with E-state index >= 15 is 4.39 Å². The van der Waals surface area contributed by atoms with Crippen molar-refractivity contribution < 1.29 is 29.0 Å². The number of fused-ring (bicyclic) bond motifs is 7. The maximum atomic E-state index is 17.9. The normalized spacial score (nSPS) is 45.8. The molecule has 40 heavy (non-hydrogen) atoms. The predicted molar refractivity (Wildman–Crippen MR) is 149 cm³/mol. The van der Waals surface area contributed by atoms with Gasteiger partial charge in [-0.25, -0.2) is 4.39 Å². The molecule has 214 valence electrons. The standard InChI is InChI=1S/C32H37ClFNO5/c1-5-19-12-25-29(3)14-21-17-35(16-20-8-6-7-9-24(20)33)40-32(21,27(39)18-36)30(29,4)15-26(38)31(25,34)28(2)11-10-22(37)13-23(19)28/h5-11,13,19,21,25-26,36,38H,1,12,14-18H2,2-4H3. The molecule has 2 N–H and O–H groups in total. The zero-order valence-corrected chi connectivity index (χ0v) is 24.0. The van der Waals surface area contributed by atoms with Crippen molar-refractivity contribution in [3.8, 4) is 0 Å². The fraction of sp³-hybridized carbons (Fsp3) is 0.562. The van der Waals surface area contributed by atoms with Gasteiger partial charge in [0, 0.05) is 34.2 Å². The van der Waals surface area contributed by atoms with Crippen LogP contribution in [0.5, 0.6) is 0 Å². The number of hydrogen-bond donors (Lipinski definition) is 2. The van der Waals surface area contributed by atoms with Crippen molar-refractivity contribution >= 4 is 23.2 Å². The highest BCUT2D eigenvalue weighted by atomic mass is 35.5. The van der Waals surface area contributed by atoms with E-state index in [1.54, 1.807) is 30.2 Å². The second-order valence-electron chi connectivity index (χ2n) is 13.1. The molecule has 9 unspecified atom stereocenters. The largest absolute Gasteiger partial charge is 0.390 e. The SMILES string of the molecule is C=CC1CC2C3(C)CC4CN(Cc5ccccc5Cl)OC4(C(=O)CO)C3(C)CC(O)C2(F)C2(C)C=CC(=O)C=C12. The molecular weight excluding hydrogens is 533 g/mol. The number of allylic oxidation sites excluding steroid dienone is 5. The summed E-state index contributed by atoms with van der Waals surface area (Å²) in [5.41, 5.74) is -4.99. The molecule has 9 atom stereocenters. The molecule has 1 aromatic carbocycles. The molecule has 0 amide bonds. The first-order valence-electron chi connectivity index (χ1n) is 14.1. The van der Waals surface area contributed by atoms with E-state index in [1.807, 2.05) is 32.0 Å². The van der Waals surface area contributed by atoms with E-state index in [9.17, 15) is 19.8 Å². The number of benzene rings is 1. The summed E-state index contributed by atoms with van der Waals surface area (Å²) in [4.78, 5) is 32.8. The molecular formula is C32H37ClFNO5. The van der Waals surface area contributed by atoms with E-state index in [4.69, 9.17) is 16.4 Å². The monoisotopic (exact) mass is 569 g/mol. The van der Waals surface area contributed by atoms with Gasteiger partial charge in [0.2, 0.25) is 0 Å². The number of hydroxylamine groups is 2. The molecule has 3 saturated carbocycles. The minimum absolute atomic E-state index is 0.0257. The third-order valence-electron chi connectivity index (χ3n) is 11.7. The molecule has 1 aliphatic heterocycles. The Balaban J connectivity index is 1.46. The number of rotatable bonds is 5. The first-order valence-corrected chi connectivity index (χ1v) is 14.5. The van der Waals surface area contributed by atoms with E-state index in [1.165, 1.54) is 12.2 Å². The molecule has 1 saturated heterocycles. The molecule has 6 rings (SSSR count). The Hall–Kier alpha value is -2.16. The van der Waals surface area contributed by atoms with E-state index in [2.05, 4.69) is 6.58 Å². The Labute approximate surface area is 239 Å². The van der Waals surface area contributed by atoms with Gasteiger partial charge in [0.1, 0.15) is 6.61 Å². The maximum Gasteiger partial charge on any atom is 0.192 e. The van der Waals surface area contributed by atoms with E-state index in [-0.39, 0.29) is 24.0 Å². The number of aliphatic hydroxyl groups excluding tert-OH is 2. The van der Waals surface area contributed by atoms with Crippen molar-refractivity contribution in [3.63, 3.8) is 0 Å². The van der Waals surface area contributed by atoms with Gasteiger partial charge in [-0.3, -0.25) is 14.4 Å². The number of aliphatic hydroxyl groups is 2. The Morgan fingerprint density at radius 2 is 2.00 bits per heavy atom. The van der Waals surface area contributed by atoms with Crippen LogP contribution in [0.25, 0.3) is 0 Å². The quantitative estimate of drug-likeness (QED) is 0.496. The molecule has 0 aromatic heterocycles. The van der Waals surface area contributed by atoms with Crippen LogP contribution in [0, 0.1) is 34.0 Å². The first kappa shape index (κ1) is 28.0. The number of carbonyl (C=O) groups excluding carboxylic acids is 2. The van der Waals surface area contributed by atoms with Crippen molar-refractivity contribution in [2.45, 2.75) is 64.0 Å². The van der Waals surface area contributed by atoms with Crippen LogP contribution >= 0.6 is 11.6 Å². The van der Waals surface area contributed by atoms with Crippen LogP contribution < -0.4 is 0 Å². The Morgan fingerprint density at radius 1 is 1.27 bits per heavy atom. The van der Waals surface area contributed by atoms with Gasteiger partial charge in [-0.05, 0) is 66.9 Å². The second kappa shape index (κ2) is 8.92. The van der Waals surface area contributed by atoms with Crippen molar-refractivity contribution in [2.24, 2.45) is 34.0 Å². The number of halogens is 2. The zero-order chi connectivity index (χ0) is 28.9. The number of hydrogen-bond acceptors (Lipinski definition) is 6. The van der Waals surface area contributed by atoms with Gasteiger partial charge in [0.15, 0.2) is 22.8 Å². The van der Waals surface area contributed by atoms with Crippen LogP contribution in [-0.4, -0.2) is 57.4 Å². The highest BCUT2D eigenvalue weighted by molar-refractivity contribution is 6.31. The van der Waals surface area contributed by atoms with Gasteiger partial charge >= 0.3 is 0 Å². The summed E-state index contributed by atoms with van der Waals surface area (Å²) in [5.74, 6) is -1.89.